The van der Waals surface area contributed by atoms with Crippen LogP contribution in [0.2, 0.25) is 0 Å². The van der Waals surface area contributed by atoms with Gasteiger partial charge in [0.05, 0.1) is 14.2 Å². The van der Waals surface area contributed by atoms with Crippen molar-refractivity contribution in [3.63, 3.8) is 0 Å². The predicted molar refractivity (Wildman–Crippen MR) is 189 cm³/mol. The molecule has 0 amide bonds. The number of hydrogen-bond donors (Lipinski definition) is 0. The number of likely N-dealkylation sites (tertiary alicyclic amines) is 1. The van der Waals surface area contributed by atoms with Crippen LogP contribution in [0.3, 0.4) is 0 Å². The van der Waals surface area contributed by atoms with Crippen LogP contribution in [0.5, 0.6) is 11.5 Å². The third-order valence-corrected chi connectivity index (χ3v) is 11.3. The normalized spacial score (nSPS) is 33.6. The number of esters is 5. The smallest absolute Gasteiger partial charge is 0.335 e. The Hall–Kier alpha value is -3.95. The number of nitrogens with zero attached hydrogens (tertiary/aromatic N) is 1. The number of piperidine rings is 1. The van der Waals surface area contributed by atoms with E-state index in [4.69, 9.17) is 42.6 Å². The maximum atomic E-state index is 13.1. The molecular weight excluding hydrogens is 706 g/mol. The zero-order valence-electron chi connectivity index (χ0n) is 32.7. The number of hydrogen-bond acceptors (Lipinski definition) is 15. The fourth-order valence-electron chi connectivity index (χ4n) is 8.46. The molecule has 5 rings (SSSR count). The van der Waals surface area contributed by atoms with Gasteiger partial charge in [0, 0.05) is 44.2 Å². The molecule has 15 nitrogen and oxygen atoms in total. The van der Waals surface area contributed by atoms with Gasteiger partial charge in [-0.15, -0.1) is 0 Å². The molecule has 3 fully saturated rings. The van der Waals surface area contributed by atoms with Crippen LogP contribution in [0.4, 0.5) is 0 Å². The van der Waals surface area contributed by atoms with E-state index >= 15 is 0 Å². The second-order valence-electron chi connectivity index (χ2n) is 14.9. The van der Waals surface area contributed by atoms with Crippen LogP contribution in [-0.4, -0.2) is 111 Å². The molecule has 3 saturated heterocycles. The van der Waals surface area contributed by atoms with Gasteiger partial charge in [-0.1, -0.05) is 33.8 Å². The van der Waals surface area contributed by atoms with Crippen molar-refractivity contribution in [3.8, 4) is 11.5 Å². The van der Waals surface area contributed by atoms with Crippen LogP contribution in [0.25, 0.3) is 0 Å². The minimum Gasteiger partial charge on any atom is -0.467 e. The maximum absolute atomic E-state index is 13.1. The lowest BCUT2D eigenvalue weighted by molar-refractivity contribution is -0.268. The molecule has 0 unspecified atom stereocenters. The summed E-state index contributed by atoms with van der Waals surface area (Å²) in [6, 6.07) is 4.01. The van der Waals surface area contributed by atoms with Gasteiger partial charge >= 0.3 is 29.8 Å². The second kappa shape index (κ2) is 17.7. The van der Waals surface area contributed by atoms with E-state index in [0.29, 0.717) is 12.5 Å². The predicted octanol–water partition coefficient (Wildman–Crippen LogP) is 3.53. The molecule has 0 spiro atoms. The summed E-state index contributed by atoms with van der Waals surface area (Å²) in [5, 5.41) is 0. The van der Waals surface area contributed by atoms with E-state index in [1.807, 2.05) is 19.9 Å². The lowest BCUT2D eigenvalue weighted by atomic mass is 9.75. The first-order valence-corrected chi connectivity index (χ1v) is 18.9. The van der Waals surface area contributed by atoms with Gasteiger partial charge in [0.25, 0.3) is 0 Å². The van der Waals surface area contributed by atoms with E-state index in [9.17, 15) is 24.0 Å². The molecule has 0 N–H and O–H groups in total. The number of fused-ring (bicyclic) bond motifs is 2. The van der Waals surface area contributed by atoms with Crippen LogP contribution >= 0.6 is 0 Å². The Kier molecular flexibility index (Phi) is 13.5. The highest BCUT2D eigenvalue weighted by molar-refractivity contribution is 5.76. The zero-order valence-corrected chi connectivity index (χ0v) is 32.7. The molecule has 3 aliphatic heterocycles. The van der Waals surface area contributed by atoms with E-state index in [2.05, 4.69) is 11.8 Å². The first-order valence-electron chi connectivity index (χ1n) is 18.9. The molecule has 300 valence electrons. The standard InChI is InChI=1S/C39H55NO14/c1-10-15-40-16-11-12-26-17-27-25(18-28(26)40)13-14-29(51-38-33(49-23(6)42)20(3)19(2)31(52-38)36(44)46-8)34(27)54-39-35(50-24(7)43)30(48-22(5)41)21(4)32(53-39)37(45)47-9/h13-14,19-21,26,28,30-33,35,38-39H,10-12,15-18H2,1-9H3/t19-,20-,21-,26+,28+,30-,31-,32-,33+,35+,38+,39-/m0/s1. The summed E-state index contributed by atoms with van der Waals surface area (Å²) in [4.78, 5) is 65.7. The summed E-state index contributed by atoms with van der Waals surface area (Å²) in [5.74, 6) is -4.16. The lowest BCUT2D eigenvalue weighted by Crippen LogP contribution is -2.60. The summed E-state index contributed by atoms with van der Waals surface area (Å²) in [6.45, 7) is 13.2. The molecule has 54 heavy (non-hydrogen) atoms. The van der Waals surface area contributed by atoms with Gasteiger partial charge in [0.1, 0.15) is 0 Å². The molecule has 12 atom stereocenters. The molecule has 0 saturated carbocycles. The monoisotopic (exact) mass is 761 g/mol. The Balaban J connectivity index is 1.63. The Labute approximate surface area is 316 Å². The lowest BCUT2D eigenvalue weighted by Gasteiger charge is -2.46. The molecular formula is C39H55NO14. The molecule has 3 heterocycles. The maximum Gasteiger partial charge on any atom is 0.335 e. The second-order valence-corrected chi connectivity index (χ2v) is 14.9. The minimum atomic E-state index is -1.48. The number of carbonyl (C=O) groups is 5. The van der Waals surface area contributed by atoms with Crippen molar-refractivity contribution >= 4 is 29.8 Å². The van der Waals surface area contributed by atoms with Crippen molar-refractivity contribution in [2.75, 3.05) is 27.3 Å². The quantitative estimate of drug-likeness (QED) is 0.237. The molecule has 0 bridgehead atoms. The van der Waals surface area contributed by atoms with Gasteiger partial charge in [0.2, 0.25) is 18.7 Å². The molecule has 0 aromatic heterocycles. The molecule has 15 heteroatoms. The van der Waals surface area contributed by atoms with E-state index in [-0.39, 0.29) is 17.4 Å². The summed E-state index contributed by atoms with van der Waals surface area (Å²) in [5.41, 5.74) is 1.83. The van der Waals surface area contributed by atoms with Crippen LogP contribution in [0.15, 0.2) is 12.1 Å². The molecule has 4 aliphatic rings. The van der Waals surface area contributed by atoms with Crippen molar-refractivity contribution < 1.29 is 66.6 Å². The van der Waals surface area contributed by atoms with Gasteiger partial charge < -0.3 is 42.6 Å². The topological polar surface area (TPSA) is 172 Å². The average Bonchev–Trinajstić information content (AvgIpc) is 3.13. The van der Waals surface area contributed by atoms with Crippen molar-refractivity contribution in [3.05, 3.63) is 23.3 Å². The highest BCUT2D eigenvalue weighted by Crippen LogP contribution is 2.46. The Bertz CT molecular complexity index is 1550. The van der Waals surface area contributed by atoms with Crippen LogP contribution in [0, 0.1) is 23.7 Å². The Morgan fingerprint density at radius 3 is 1.91 bits per heavy atom. The van der Waals surface area contributed by atoms with Gasteiger partial charge in [-0.25, -0.2) is 9.59 Å². The van der Waals surface area contributed by atoms with Crippen molar-refractivity contribution in [2.24, 2.45) is 23.7 Å². The van der Waals surface area contributed by atoms with Gasteiger partial charge in [-0.05, 0) is 68.7 Å². The van der Waals surface area contributed by atoms with Crippen LogP contribution in [0.1, 0.15) is 78.9 Å². The summed E-state index contributed by atoms with van der Waals surface area (Å²) >= 11 is 0. The molecule has 1 aliphatic carbocycles. The zero-order chi connectivity index (χ0) is 39.4. The summed E-state index contributed by atoms with van der Waals surface area (Å²) in [7, 11) is 2.48. The SMILES string of the molecule is CCCN1CCC[C@@H]2Cc3c(ccc(O[C@@H]4O[C@H](C(=O)OC)[C@@H](C)[C@H](C)[C@H]4OC(C)=O)c3O[C@@H]3O[C@H](C(=O)OC)[C@@H](C)[C@H](OC(C)=O)[C@H]3OC(C)=O)C[C@H]21. The highest BCUT2D eigenvalue weighted by atomic mass is 16.7. The van der Waals surface area contributed by atoms with Gasteiger partial charge in [-0.2, -0.15) is 0 Å². The number of benzene rings is 1. The van der Waals surface area contributed by atoms with Crippen molar-refractivity contribution in [2.45, 2.75) is 130 Å². The van der Waals surface area contributed by atoms with Crippen molar-refractivity contribution in [1.82, 2.24) is 4.90 Å². The minimum absolute atomic E-state index is 0.170. The molecule has 0 radical (unpaired) electrons. The van der Waals surface area contributed by atoms with Gasteiger partial charge in [0.15, 0.2) is 35.9 Å². The summed E-state index contributed by atoms with van der Waals surface area (Å²) in [6.07, 6.45) is -4.01. The third kappa shape index (κ3) is 8.78. The largest absolute Gasteiger partial charge is 0.467 e. The number of carbonyl (C=O) groups excluding carboxylic acids is 5. The fraction of sp³-hybridized carbons (Fsp3) is 0.718. The first kappa shape index (κ1) is 41.2. The number of methoxy groups -OCH3 is 2. The highest BCUT2D eigenvalue weighted by Gasteiger charge is 2.53. The first-order chi connectivity index (χ1) is 25.7. The fourth-order valence-corrected chi connectivity index (χ4v) is 8.46. The Morgan fingerprint density at radius 1 is 0.741 bits per heavy atom. The number of rotatable bonds is 11. The Morgan fingerprint density at radius 2 is 1.31 bits per heavy atom. The average molecular weight is 762 g/mol. The molecule has 1 aromatic carbocycles. The van der Waals surface area contributed by atoms with Gasteiger partial charge in [-0.3, -0.25) is 19.3 Å². The van der Waals surface area contributed by atoms with Crippen LogP contribution in [-0.2, 0) is 70.0 Å². The summed E-state index contributed by atoms with van der Waals surface area (Å²) < 4.78 is 53.0. The third-order valence-electron chi connectivity index (χ3n) is 11.3. The van der Waals surface area contributed by atoms with E-state index in [0.717, 1.165) is 49.9 Å². The van der Waals surface area contributed by atoms with E-state index in [1.165, 1.54) is 35.0 Å². The number of ether oxygens (including phenoxy) is 9. The van der Waals surface area contributed by atoms with Crippen LogP contribution < -0.4 is 9.47 Å². The molecule has 1 aromatic rings. The van der Waals surface area contributed by atoms with Crippen molar-refractivity contribution in [1.29, 1.82) is 0 Å². The van der Waals surface area contributed by atoms with E-state index < -0.39 is 90.7 Å². The van der Waals surface area contributed by atoms with E-state index in [1.54, 1.807) is 13.0 Å².